The maximum Gasteiger partial charge on any atom is 0.305 e. The van der Waals surface area contributed by atoms with E-state index in [1.165, 1.54) is 0 Å². The van der Waals surface area contributed by atoms with Gasteiger partial charge in [0.2, 0.25) is 0 Å². The van der Waals surface area contributed by atoms with Gasteiger partial charge >= 0.3 is 5.97 Å². The van der Waals surface area contributed by atoms with E-state index in [4.69, 9.17) is 21.4 Å². The molecule has 1 aromatic heterocycles. The fourth-order valence-corrected chi connectivity index (χ4v) is 4.97. The molecule has 3 heterocycles. The Bertz CT molecular complexity index is 892. The number of carbonyl (C=O) groups is 1. The third-order valence-electron chi connectivity index (χ3n) is 5.14. The topological polar surface area (TPSA) is 77.9 Å². The third-order valence-corrected chi connectivity index (χ3v) is 6.51. The van der Waals surface area contributed by atoms with Crippen molar-refractivity contribution < 1.29 is 14.6 Å². The van der Waals surface area contributed by atoms with Gasteiger partial charge in [-0.3, -0.25) is 9.79 Å². The van der Waals surface area contributed by atoms with Crippen molar-refractivity contribution in [3.05, 3.63) is 28.9 Å². The number of anilines is 1. The van der Waals surface area contributed by atoms with Crippen LogP contribution in [0.3, 0.4) is 0 Å². The number of aliphatic imine (C=N–C) groups is 1. The van der Waals surface area contributed by atoms with E-state index >= 15 is 0 Å². The Morgan fingerprint density at radius 1 is 1.41 bits per heavy atom. The largest absolute Gasteiger partial charge is 0.481 e. The molecule has 0 radical (unpaired) electrons. The minimum Gasteiger partial charge on any atom is -0.481 e. The minimum atomic E-state index is -0.811. The summed E-state index contributed by atoms with van der Waals surface area (Å²) in [5.41, 5.74) is 3.03. The Balaban J connectivity index is 1.67. The quantitative estimate of drug-likeness (QED) is 0.788. The van der Waals surface area contributed by atoms with Crippen molar-refractivity contribution in [1.29, 1.82) is 0 Å². The van der Waals surface area contributed by atoms with Gasteiger partial charge in [-0.2, -0.15) is 0 Å². The maximum absolute atomic E-state index is 10.9. The van der Waals surface area contributed by atoms with Crippen LogP contribution < -0.4 is 4.90 Å². The summed E-state index contributed by atoms with van der Waals surface area (Å²) < 4.78 is 5.49. The van der Waals surface area contributed by atoms with Crippen LogP contribution in [0.4, 0.5) is 5.69 Å². The molecule has 8 heteroatoms. The first kappa shape index (κ1) is 18.7. The van der Waals surface area contributed by atoms with Gasteiger partial charge in [-0.25, -0.2) is 0 Å². The fourth-order valence-electron chi connectivity index (χ4n) is 3.72. The van der Waals surface area contributed by atoms with Gasteiger partial charge in [0, 0.05) is 42.5 Å². The van der Waals surface area contributed by atoms with Crippen LogP contribution in [0.25, 0.3) is 10.9 Å². The molecule has 2 aliphatic rings. The second-order valence-corrected chi connectivity index (χ2v) is 8.47. The Hall–Kier alpha value is -1.70. The number of hydrogen-bond donors (Lipinski definition) is 2. The zero-order valence-electron chi connectivity index (χ0n) is 15.1. The van der Waals surface area contributed by atoms with Crippen LogP contribution in [0.1, 0.15) is 25.0 Å². The van der Waals surface area contributed by atoms with Crippen LogP contribution in [0.5, 0.6) is 0 Å². The highest BCUT2D eigenvalue weighted by atomic mass is 35.5. The summed E-state index contributed by atoms with van der Waals surface area (Å²) >= 11 is 7.99. The number of thioether (sulfide) groups is 1. The average Bonchev–Trinajstić information content (AvgIpc) is 3.27. The van der Waals surface area contributed by atoms with Gasteiger partial charge in [0.1, 0.15) is 5.04 Å². The average molecular weight is 408 g/mol. The molecule has 1 atom stereocenters. The molecule has 1 aromatic carbocycles. The molecular weight excluding hydrogens is 386 g/mol. The van der Waals surface area contributed by atoms with Crippen LogP contribution in [-0.2, 0) is 9.53 Å². The number of aromatic amines is 1. The highest BCUT2D eigenvalue weighted by molar-refractivity contribution is 8.14. The molecule has 0 spiro atoms. The van der Waals surface area contributed by atoms with E-state index in [9.17, 15) is 4.79 Å². The number of H-pyrrole nitrogens is 1. The molecule has 2 aromatic rings. The number of fused-ring (bicyclic) bond motifs is 1. The number of carboxylic acid groups (broad SMARTS) is 1. The van der Waals surface area contributed by atoms with Crippen LogP contribution >= 0.6 is 23.4 Å². The van der Waals surface area contributed by atoms with Crippen molar-refractivity contribution >= 4 is 51.0 Å². The standard InChI is InChI=1S/C19H22ClN3O3S/c1-23(14-2-4-26-5-3-14)16-8-12(20)6-11-7-15(22-18(11)16)19-21-13(10-27-19)9-17(24)25/h6-8,13-14,22H,2-5,9-10H2,1H3,(H,24,25)/t13-/m0/s1. The van der Waals surface area contributed by atoms with E-state index in [1.807, 2.05) is 12.1 Å². The molecule has 0 amide bonds. The van der Waals surface area contributed by atoms with Crippen molar-refractivity contribution in [3.8, 4) is 0 Å². The molecule has 27 heavy (non-hydrogen) atoms. The van der Waals surface area contributed by atoms with Crippen LogP contribution in [0, 0.1) is 0 Å². The number of nitrogens with one attached hydrogen (secondary N) is 1. The normalized spacial score (nSPS) is 20.8. The molecular formula is C19H22ClN3O3S. The Labute approximate surface area is 166 Å². The zero-order chi connectivity index (χ0) is 19.0. The molecule has 2 aliphatic heterocycles. The molecule has 2 N–H and O–H groups in total. The van der Waals surface area contributed by atoms with Crippen molar-refractivity contribution in [3.63, 3.8) is 0 Å². The predicted molar refractivity (Wildman–Crippen MR) is 111 cm³/mol. The van der Waals surface area contributed by atoms with Gasteiger partial charge in [-0.05, 0) is 31.0 Å². The lowest BCUT2D eigenvalue weighted by Crippen LogP contribution is -2.36. The lowest BCUT2D eigenvalue weighted by atomic mass is 10.1. The monoisotopic (exact) mass is 407 g/mol. The van der Waals surface area contributed by atoms with Gasteiger partial charge in [0.15, 0.2) is 0 Å². The van der Waals surface area contributed by atoms with Crippen molar-refractivity contribution in [2.24, 2.45) is 4.99 Å². The Morgan fingerprint density at radius 2 is 2.19 bits per heavy atom. The maximum atomic E-state index is 10.9. The first-order valence-electron chi connectivity index (χ1n) is 9.07. The Kier molecular flexibility index (Phi) is 5.34. The molecule has 0 aliphatic carbocycles. The van der Waals surface area contributed by atoms with E-state index in [1.54, 1.807) is 11.8 Å². The van der Waals surface area contributed by atoms with Gasteiger partial charge in [0.05, 0.1) is 29.4 Å². The van der Waals surface area contributed by atoms with E-state index < -0.39 is 5.97 Å². The number of aromatic nitrogens is 1. The minimum absolute atomic E-state index is 0.0697. The smallest absolute Gasteiger partial charge is 0.305 e. The number of halogens is 1. The number of carboxylic acids is 1. The molecule has 0 bridgehead atoms. The number of aliphatic carboxylic acids is 1. The van der Waals surface area contributed by atoms with Crippen LogP contribution in [0.2, 0.25) is 5.02 Å². The van der Waals surface area contributed by atoms with E-state index in [2.05, 4.69) is 28.0 Å². The number of nitrogens with zero attached hydrogens (tertiary/aromatic N) is 2. The summed E-state index contributed by atoms with van der Waals surface area (Å²) in [5, 5.41) is 11.6. The van der Waals surface area contributed by atoms with E-state index in [0.717, 1.165) is 53.4 Å². The highest BCUT2D eigenvalue weighted by Gasteiger charge is 2.25. The second-order valence-electron chi connectivity index (χ2n) is 7.02. The molecule has 6 nitrogen and oxygen atoms in total. The van der Waals surface area contributed by atoms with E-state index in [-0.39, 0.29) is 12.5 Å². The summed E-state index contributed by atoms with van der Waals surface area (Å²) in [6.45, 7) is 1.57. The number of benzene rings is 1. The zero-order valence-corrected chi connectivity index (χ0v) is 16.6. The van der Waals surface area contributed by atoms with Crippen molar-refractivity contribution in [2.75, 3.05) is 30.9 Å². The molecule has 144 valence electrons. The van der Waals surface area contributed by atoms with Gasteiger partial charge in [0.25, 0.3) is 0 Å². The van der Waals surface area contributed by atoms with Gasteiger partial charge < -0.3 is 19.7 Å². The first-order chi connectivity index (χ1) is 13.0. The summed E-state index contributed by atoms with van der Waals surface area (Å²) in [5.74, 6) is -0.110. The van der Waals surface area contributed by atoms with Gasteiger partial charge in [-0.1, -0.05) is 11.6 Å². The summed E-state index contributed by atoms with van der Waals surface area (Å²) in [4.78, 5) is 21.3. The first-order valence-corrected chi connectivity index (χ1v) is 10.4. The lowest BCUT2D eigenvalue weighted by molar-refractivity contribution is -0.137. The SMILES string of the molecule is CN(c1cc(Cl)cc2cc(C3=N[C@@H](CC(=O)O)CS3)[nH]c12)C1CCOCC1. The van der Waals surface area contributed by atoms with Crippen LogP contribution in [0.15, 0.2) is 23.2 Å². The predicted octanol–water partition coefficient (Wildman–Crippen LogP) is 3.77. The van der Waals surface area contributed by atoms with Crippen LogP contribution in [-0.4, -0.2) is 59.2 Å². The fraction of sp³-hybridized carbons (Fsp3) is 0.474. The lowest BCUT2D eigenvalue weighted by Gasteiger charge is -2.33. The van der Waals surface area contributed by atoms with Crippen molar-refractivity contribution in [1.82, 2.24) is 4.98 Å². The summed E-state index contributed by atoms with van der Waals surface area (Å²) in [6.07, 6.45) is 2.06. The number of rotatable bonds is 5. The molecule has 1 fully saturated rings. The highest BCUT2D eigenvalue weighted by Crippen LogP contribution is 2.35. The third kappa shape index (κ3) is 3.95. The van der Waals surface area contributed by atoms with E-state index in [0.29, 0.717) is 16.8 Å². The number of ether oxygens (including phenoxy) is 1. The molecule has 4 rings (SSSR count). The summed E-state index contributed by atoms with van der Waals surface area (Å²) in [6, 6.07) is 6.26. The molecule has 0 saturated carbocycles. The Morgan fingerprint density at radius 3 is 2.93 bits per heavy atom. The molecule has 1 saturated heterocycles. The van der Waals surface area contributed by atoms with Gasteiger partial charge in [-0.15, -0.1) is 11.8 Å². The molecule has 0 unspecified atom stereocenters. The summed E-state index contributed by atoms with van der Waals surface area (Å²) in [7, 11) is 2.10. The van der Waals surface area contributed by atoms with Crippen molar-refractivity contribution in [2.45, 2.75) is 31.3 Å². The second kappa shape index (κ2) is 7.73. The number of hydrogen-bond acceptors (Lipinski definition) is 5.